The lowest BCUT2D eigenvalue weighted by Gasteiger charge is -2.18. The van der Waals surface area contributed by atoms with Crippen molar-refractivity contribution in [1.82, 2.24) is 29.3 Å². The fraction of sp³-hybridized carbons (Fsp3) is 0.273. The van der Waals surface area contributed by atoms with Crippen molar-refractivity contribution in [3.63, 3.8) is 0 Å². The Kier molecular flexibility index (Phi) is 6.34. The Labute approximate surface area is 201 Å². The molecule has 0 aliphatic rings. The average molecular weight is 537 g/mol. The zero-order valence-electron chi connectivity index (χ0n) is 18.5. The van der Waals surface area contributed by atoms with E-state index in [0.717, 1.165) is 22.4 Å². The molecule has 1 amide bonds. The van der Waals surface area contributed by atoms with E-state index in [-0.39, 0.29) is 23.4 Å². The molecule has 1 aromatic carbocycles. The number of carbonyl (C=O) groups excluding carboxylic acids is 1. The number of rotatable bonds is 6. The molecule has 0 spiro atoms. The minimum Gasteiger partial charge on any atom is -0.497 e. The minimum atomic E-state index is -4.71. The number of benzene rings is 1. The van der Waals surface area contributed by atoms with E-state index < -0.39 is 17.8 Å². The van der Waals surface area contributed by atoms with Gasteiger partial charge in [-0.2, -0.15) is 23.4 Å². The normalized spacial score (nSPS) is 11.7. The van der Waals surface area contributed by atoms with Gasteiger partial charge in [0.15, 0.2) is 11.3 Å². The minimum absolute atomic E-state index is 0.0398. The molecule has 4 aromatic rings. The summed E-state index contributed by atoms with van der Waals surface area (Å²) in [6.07, 6.45) is -1.97. The predicted octanol–water partition coefficient (Wildman–Crippen LogP) is 4.67. The molecule has 0 bridgehead atoms. The first kappa shape index (κ1) is 23.7. The van der Waals surface area contributed by atoms with Gasteiger partial charge in [0.1, 0.15) is 11.3 Å². The lowest BCUT2D eigenvalue weighted by Crippen LogP contribution is -2.28. The molecule has 8 nitrogen and oxygen atoms in total. The second-order valence-corrected chi connectivity index (χ2v) is 8.32. The smallest absolute Gasteiger partial charge is 0.433 e. The number of hydrogen-bond donors (Lipinski definition) is 0. The van der Waals surface area contributed by atoms with Crippen molar-refractivity contribution in [1.29, 1.82) is 0 Å². The SMILES string of the molecule is CCn1ncc(Br)c1CN(C)C(=O)c1cnn2c(C(F)(F)F)cc(-c3ccc(OC)cc3)nc12. The van der Waals surface area contributed by atoms with E-state index in [9.17, 15) is 18.0 Å². The summed E-state index contributed by atoms with van der Waals surface area (Å²) in [6.45, 7) is 2.70. The monoisotopic (exact) mass is 536 g/mol. The number of fused-ring (bicyclic) bond motifs is 1. The lowest BCUT2D eigenvalue weighted by atomic mass is 10.1. The van der Waals surface area contributed by atoms with Crippen LogP contribution in [0.4, 0.5) is 13.2 Å². The standard InChI is InChI=1S/C22H20BrF3N6O2/c1-4-31-18(16(23)11-27-31)12-30(2)21(33)15-10-28-32-19(22(24,25)26)9-17(29-20(15)32)13-5-7-14(34-3)8-6-13/h5-11H,4,12H2,1-3H3. The molecular formula is C22H20BrF3N6O2. The van der Waals surface area contributed by atoms with Crippen LogP contribution in [0.5, 0.6) is 5.75 Å². The predicted molar refractivity (Wildman–Crippen MR) is 121 cm³/mol. The maximum absolute atomic E-state index is 13.9. The third kappa shape index (κ3) is 4.37. The van der Waals surface area contributed by atoms with Gasteiger partial charge in [0, 0.05) is 19.2 Å². The molecule has 0 N–H and O–H groups in total. The first-order chi connectivity index (χ1) is 16.1. The summed E-state index contributed by atoms with van der Waals surface area (Å²) < 4.78 is 49.8. The molecule has 3 heterocycles. The average Bonchev–Trinajstić information content (AvgIpc) is 3.40. The van der Waals surface area contributed by atoms with Crippen LogP contribution in [0, 0.1) is 0 Å². The third-order valence-corrected chi connectivity index (χ3v) is 5.97. The molecule has 34 heavy (non-hydrogen) atoms. The van der Waals surface area contributed by atoms with E-state index in [1.54, 1.807) is 42.2 Å². The maximum atomic E-state index is 13.9. The molecule has 4 rings (SSSR count). The quantitative estimate of drug-likeness (QED) is 0.357. The zero-order valence-corrected chi connectivity index (χ0v) is 20.1. The van der Waals surface area contributed by atoms with Crippen molar-refractivity contribution in [3.8, 4) is 17.0 Å². The maximum Gasteiger partial charge on any atom is 0.433 e. The summed E-state index contributed by atoms with van der Waals surface area (Å²) in [5.74, 6) is 0.0402. The summed E-state index contributed by atoms with van der Waals surface area (Å²) in [4.78, 5) is 19.0. The number of aryl methyl sites for hydroxylation is 1. The zero-order chi connectivity index (χ0) is 24.6. The van der Waals surface area contributed by atoms with Gasteiger partial charge in [-0.05, 0) is 53.2 Å². The number of amides is 1. The van der Waals surface area contributed by atoms with Gasteiger partial charge in [0.05, 0.1) is 41.9 Å². The van der Waals surface area contributed by atoms with Crippen molar-refractivity contribution in [2.24, 2.45) is 0 Å². The number of ether oxygens (including phenoxy) is 1. The molecule has 0 atom stereocenters. The van der Waals surface area contributed by atoms with E-state index >= 15 is 0 Å². The van der Waals surface area contributed by atoms with Crippen molar-refractivity contribution in [3.05, 3.63) is 64.1 Å². The van der Waals surface area contributed by atoms with E-state index in [4.69, 9.17) is 4.74 Å². The molecule has 0 fully saturated rings. The number of methoxy groups -OCH3 is 1. The summed E-state index contributed by atoms with van der Waals surface area (Å²) in [6, 6.07) is 7.37. The van der Waals surface area contributed by atoms with Crippen LogP contribution in [0.2, 0.25) is 0 Å². The van der Waals surface area contributed by atoms with Crippen LogP contribution in [0.15, 0.2) is 47.2 Å². The first-order valence-corrected chi connectivity index (χ1v) is 11.0. The number of aromatic nitrogens is 5. The second-order valence-electron chi connectivity index (χ2n) is 7.46. The highest BCUT2D eigenvalue weighted by Crippen LogP contribution is 2.33. The number of nitrogens with zero attached hydrogens (tertiary/aromatic N) is 6. The van der Waals surface area contributed by atoms with Gasteiger partial charge in [-0.3, -0.25) is 9.48 Å². The van der Waals surface area contributed by atoms with Gasteiger partial charge in [-0.15, -0.1) is 0 Å². The molecule has 0 unspecified atom stereocenters. The van der Waals surface area contributed by atoms with E-state index in [1.165, 1.54) is 12.0 Å². The van der Waals surface area contributed by atoms with Crippen molar-refractivity contribution in [2.45, 2.75) is 26.2 Å². The highest BCUT2D eigenvalue weighted by Gasteiger charge is 2.36. The Morgan fingerprint density at radius 3 is 2.50 bits per heavy atom. The fourth-order valence-electron chi connectivity index (χ4n) is 3.54. The van der Waals surface area contributed by atoms with Crippen LogP contribution in [-0.2, 0) is 19.3 Å². The Hall–Kier alpha value is -3.41. The van der Waals surface area contributed by atoms with Gasteiger partial charge in [-0.1, -0.05) is 0 Å². The number of carbonyl (C=O) groups is 1. The Morgan fingerprint density at radius 1 is 1.18 bits per heavy atom. The van der Waals surface area contributed by atoms with Gasteiger partial charge < -0.3 is 9.64 Å². The summed E-state index contributed by atoms with van der Waals surface area (Å²) in [7, 11) is 3.05. The van der Waals surface area contributed by atoms with Gasteiger partial charge in [0.25, 0.3) is 5.91 Å². The Bertz CT molecular complexity index is 1350. The molecule has 12 heteroatoms. The molecule has 0 aliphatic carbocycles. The molecule has 0 saturated heterocycles. The second kappa shape index (κ2) is 9.09. The summed E-state index contributed by atoms with van der Waals surface area (Å²) >= 11 is 3.42. The van der Waals surface area contributed by atoms with Crippen LogP contribution in [0.3, 0.4) is 0 Å². The molecular weight excluding hydrogens is 517 g/mol. The van der Waals surface area contributed by atoms with E-state index in [1.807, 2.05) is 6.92 Å². The highest BCUT2D eigenvalue weighted by atomic mass is 79.9. The molecule has 3 aromatic heterocycles. The molecule has 0 radical (unpaired) electrons. The number of hydrogen-bond acceptors (Lipinski definition) is 5. The molecule has 0 saturated carbocycles. The van der Waals surface area contributed by atoms with Crippen LogP contribution in [-0.4, -0.2) is 49.3 Å². The van der Waals surface area contributed by atoms with Crippen molar-refractivity contribution >= 4 is 27.5 Å². The third-order valence-electron chi connectivity index (χ3n) is 5.31. The van der Waals surface area contributed by atoms with Crippen molar-refractivity contribution in [2.75, 3.05) is 14.2 Å². The van der Waals surface area contributed by atoms with Crippen LogP contribution >= 0.6 is 15.9 Å². The van der Waals surface area contributed by atoms with Crippen LogP contribution in [0.1, 0.15) is 28.7 Å². The lowest BCUT2D eigenvalue weighted by molar-refractivity contribution is -0.142. The molecule has 178 valence electrons. The van der Waals surface area contributed by atoms with Crippen molar-refractivity contribution < 1.29 is 22.7 Å². The van der Waals surface area contributed by atoms with Gasteiger partial charge >= 0.3 is 6.18 Å². The van der Waals surface area contributed by atoms with Gasteiger partial charge in [-0.25, -0.2) is 9.50 Å². The summed E-state index contributed by atoms with van der Waals surface area (Å²) in [5, 5.41) is 8.06. The number of alkyl halides is 3. The molecule has 0 aliphatic heterocycles. The first-order valence-electron chi connectivity index (χ1n) is 10.2. The fourth-order valence-corrected chi connectivity index (χ4v) is 3.97. The van der Waals surface area contributed by atoms with Gasteiger partial charge in [0.2, 0.25) is 0 Å². The largest absolute Gasteiger partial charge is 0.497 e. The number of halogens is 4. The van der Waals surface area contributed by atoms with Crippen LogP contribution in [0.25, 0.3) is 16.9 Å². The van der Waals surface area contributed by atoms with Crippen LogP contribution < -0.4 is 4.74 Å². The Balaban J connectivity index is 1.78. The van der Waals surface area contributed by atoms with E-state index in [2.05, 4.69) is 31.1 Å². The summed E-state index contributed by atoms with van der Waals surface area (Å²) in [5.41, 5.74) is 0.0149. The topological polar surface area (TPSA) is 77.6 Å². The highest BCUT2D eigenvalue weighted by molar-refractivity contribution is 9.10. The Morgan fingerprint density at radius 2 is 1.88 bits per heavy atom. The van der Waals surface area contributed by atoms with E-state index in [0.29, 0.717) is 22.4 Å².